The highest BCUT2D eigenvalue weighted by Gasteiger charge is 2.18. The normalized spacial score (nSPS) is 10.9. The number of hydrogen-bond donors (Lipinski definition) is 1. The minimum absolute atomic E-state index is 0.0327. The van der Waals surface area contributed by atoms with Crippen molar-refractivity contribution in [2.75, 3.05) is 13.7 Å². The fourth-order valence-electron chi connectivity index (χ4n) is 2.99. The lowest BCUT2D eigenvalue weighted by Crippen LogP contribution is -2.30. The maximum Gasteiger partial charge on any atom is 0.342 e. The molecule has 4 rings (SSSR count). The summed E-state index contributed by atoms with van der Waals surface area (Å²) in [6.45, 7) is -0.0799. The molecular weight excluding hydrogens is 388 g/mol. The van der Waals surface area contributed by atoms with Crippen LogP contribution in [-0.2, 0) is 16.1 Å². The van der Waals surface area contributed by atoms with Crippen molar-refractivity contribution in [3.05, 3.63) is 71.2 Å². The Morgan fingerprint density at radius 2 is 1.76 bits per heavy atom. The van der Waals surface area contributed by atoms with Crippen molar-refractivity contribution in [2.24, 2.45) is 0 Å². The van der Waals surface area contributed by atoms with Crippen LogP contribution >= 0.6 is 11.3 Å². The van der Waals surface area contributed by atoms with E-state index in [1.807, 2.05) is 48.5 Å². The van der Waals surface area contributed by atoms with Gasteiger partial charge in [-0.05, 0) is 35.0 Å². The molecule has 4 aromatic rings. The molecule has 3 aromatic carbocycles. The summed E-state index contributed by atoms with van der Waals surface area (Å²) >= 11 is 1.52. The summed E-state index contributed by atoms with van der Waals surface area (Å²) in [4.78, 5) is 30.7. The van der Waals surface area contributed by atoms with Crippen LogP contribution in [0, 0.1) is 0 Å². The molecule has 146 valence electrons. The first-order valence-electron chi connectivity index (χ1n) is 8.98. The van der Waals surface area contributed by atoms with Crippen molar-refractivity contribution in [2.45, 2.75) is 6.54 Å². The van der Waals surface area contributed by atoms with Crippen LogP contribution in [0.2, 0.25) is 0 Å². The number of rotatable bonds is 5. The third kappa shape index (κ3) is 4.05. The molecule has 0 aliphatic carbocycles. The van der Waals surface area contributed by atoms with Gasteiger partial charge in [-0.3, -0.25) is 4.79 Å². The number of phenols is 1. The number of aromatic nitrogens is 1. The number of hydrogen-bond acceptors (Lipinski definition) is 6. The molecule has 29 heavy (non-hydrogen) atoms. The third-order valence-corrected chi connectivity index (χ3v) is 5.57. The lowest BCUT2D eigenvalue weighted by Gasteiger charge is -2.15. The van der Waals surface area contributed by atoms with E-state index in [1.54, 1.807) is 13.1 Å². The van der Waals surface area contributed by atoms with Crippen molar-refractivity contribution < 1.29 is 19.4 Å². The highest BCUT2D eigenvalue weighted by Crippen LogP contribution is 2.26. The Kier molecular flexibility index (Phi) is 5.14. The number of thiazole rings is 1. The molecule has 1 heterocycles. The molecule has 0 atom stereocenters. The maximum atomic E-state index is 12.4. The molecule has 1 amide bonds. The van der Waals surface area contributed by atoms with Crippen molar-refractivity contribution >= 4 is 44.2 Å². The molecule has 0 spiro atoms. The minimum atomic E-state index is -0.741. The predicted octanol–water partition coefficient (Wildman–Crippen LogP) is 3.97. The summed E-state index contributed by atoms with van der Waals surface area (Å²) in [5.74, 6) is -1.27. The predicted molar refractivity (Wildman–Crippen MR) is 112 cm³/mol. The molecule has 0 unspecified atom stereocenters. The second-order valence-electron chi connectivity index (χ2n) is 6.62. The Morgan fingerprint density at radius 3 is 2.52 bits per heavy atom. The number of ether oxygens (including phenoxy) is 1. The van der Waals surface area contributed by atoms with Crippen molar-refractivity contribution in [1.82, 2.24) is 9.88 Å². The second kappa shape index (κ2) is 7.89. The molecule has 0 aliphatic rings. The number of carbonyl (C=O) groups excluding carboxylic acids is 2. The van der Waals surface area contributed by atoms with Gasteiger partial charge in [0.1, 0.15) is 16.3 Å². The van der Waals surface area contributed by atoms with Crippen molar-refractivity contribution in [3.8, 4) is 5.75 Å². The Balaban J connectivity index is 1.39. The van der Waals surface area contributed by atoms with E-state index in [2.05, 4.69) is 4.98 Å². The average molecular weight is 406 g/mol. The number of carbonyl (C=O) groups is 2. The van der Waals surface area contributed by atoms with Gasteiger partial charge in [0, 0.05) is 7.05 Å². The molecule has 1 aromatic heterocycles. The van der Waals surface area contributed by atoms with Crippen LogP contribution in [0.4, 0.5) is 0 Å². The van der Waals surface area contributed by atoms with E-state index in [0.717, 1.165) is 26.0 Å². The number of aromatic hydroxyl groups is 1. The Hall–Kier alpha value is -3.45. The summed E-state index contributed by atoms with van der Waals surface area (Å²) in [5.41, 5.74) is 0.928. The summed E-state index contributed by atoms with van der Waals surface area (Å²) in [5, 5.41) is 12.5. The van der Waals surface area contributed by atoms with Gasteiger partial charge in [0.05, 0.1) is 16.8 Å². The van der Waals surface area contributed by atoms with Gasteiger partial charge in [0.15, 0.2) is 6.61 Å². The first-order chi connectivity index (χ1) is 14.0. The fourth-order valence-corrected chi connectivity index (χ4v) is 4.01. The first kappa shape index (κ1) is 18.9. The average Bonchev–Trinajstić information content (AvgIpc) is 3.13. The van der Waals surface area contributed by atoms with E-state index < -0.39 is 12.6 Å². The van der Waals surface area contributed by atoms with E-state index in [9.17, 15) is 14.7 Å². The van der Waals surface area contributed by atoms with Crippen LogP contribution < -0.4 is 0 Å². The second-order valence-corrected chi connectivity index (χ2v) is 7.73. The van der Waals surface area contributed by atoms with Gasteiger partial charge in [-0.2, -0.15) is 0 Å². The molecule has 0 fully saturated rings. The molecule has 0 bridgehead atoms. The number of benzene rings is 3. The van der Waals surface area contributed by atoms with E-state index in [4.69, 9.17) is 4.74 Å². The van der Waals surface area contributed by atoms with Crippen molar-refractivity contribution in [3.63, 3.8) is 0 Å². The summed E-state index contributed by atoms with van der Waals surface area (Å²) in [6.07, 6.45) is 0. The van der Waals surface area contributed by atoms with Gasteiger partial charge in [-0.25, -0.2) is 9.78 Å². The summed E-state index contributed by atoms with van der Waals surface area (Å²) < 4.78 is 6.19. The highest BCUT2D eigenvalue weighted by molar-refractivity contribution is 7.18. The van der Waals surface area contributed by atoms with Crippen LogP contribution in [0.15, 0.2) is 60.7 Å². The zero-order valence-corrected chi connectivity index (χ0v) is 16.5. The lowest BCUT2D eigenvalue weighted by atomic mass is 10.1. The van der Waals surface area contributed by atoms with Gasteiger partial charge >= 0.3 is 5.97 Å². The minimum Gasteiger partial charge on any atom is -0.507 e. The maximum absolute atomic E-state index is 12.4. The molecule has 0 aliphatic heterocycles. The third-order valence-electron chi connectivity index (χ3n) is 4.55. The van der Waals surface area contributed by atoms with Gasteiger partial charge in [0.25, 0.3) is 5.91 Å². The smallest absolute Gasteiger partial charge is 0.342 e. The fraction of sp³-hybridized carbons (Fsp3) is 0.136. The molecule has 7 heteroatoms. The standard InChI is InChI=1S/C22H18N2O4S/c1-24(12-20-23-17-8-4-5-9-19(17)29-20)21(26)13-28-22(27)16-10-14-6-2-3-7-15(14)11-18(16)25/h2-11,25H,12-13H2,1H3. The lowest BCUT2D eigenvalue weighted by molar-refractivity contribution is -0.133. The topological polar surface area (TPSA) is 79.7 Å². The largest absolute Gasteiger partial charge is 0.507 e. The molecule has 1 N–H and O–H groups in total. The Morgan fingerprint density at radius 1 is 1.07 bits per heavy atom. The monoisotopic (exact) mass is 406 g/mol. The van der Waals surface area contributed by atoms with Crippen LogP contribution in [-0.4, -0.2) is 40.5 Å². The van der Waals surface area contributed by atoms with Crippen LogP contribution in [0.3, 0.4) is 0 Å². The van der Waals surface area contributed by atoms with Gasteiger partial charge in [-0.1, -0.05) is 36.4 Å². The molecule has 6 nitrogen and oxygen atoms in total. The van der Waals surface area contributed by atoms with E-state index in [0.29, 0.717) is 6.54 Å². The van der Waals surface area contributed by atoms with Crippen LogP contribution in [0.25, 0.3) is 21.0 Å². The molecule has 0 radical (unpaired) electrons. The number of nitrogens with zero attached hydrogens (tertiary/aromatic N) is 2. The Labute approximate surface area is 171 Å². The van der Waals surface area contributed by atoms with Gasteiger partial charge in [0.2, 0.25) is 0 Å². The zero-order chi connectivity index (χ0) is 20.4. The number of fused-ring (bicyclic) bond motifs is 2. The number of amides is 1. The van der Waals surface area contributed by atoms with E-state index in [-0.39, 0.29) is 17.2 Å². The van der Waals surface area contributed by atoms with Crippen molar-refractivity contribution in [1.29, 1.82) is 0 Å². The van der Waals surface area contributed by atoms with Gasteiger partial charge in [-0.15, -0.1) is 11.3 Å². The van der Waals surface area contributed by atoms with E-state index in [1.165, 1.54) is 22.3 Å². The number of esters is 1. The molecular formula is C22H18N2O4S. The van der Waals surface area contributed by atoms with E-state index >= 15 is 0 Å². The quantitative estimate of drug-likeness (QED) is 0.507. The molecule has 0 saturated carbocycles. The SMILES string of the molecule is CN(Cc1nc2ccccc2s1)C(=O)COC(=O)c1cc2ccccc2cc1O. The zero-order valence-electron chi connectivity index (χ0n) is 15.7. The molecule has 0 saturated heterocycles. The van der Waals surface area contributed by atoms with Gasteiger partial charge < -0.3 is 14.7 Å². The number of phenolic OH excluding ortho intramolecular Hbond substituents is 1. The first-order valence-corrected chi connectivity index (χ1v) is 9.80. The Bertz CT molecular complexity index is 1180. The number of para-hydroxylation sites is 1. The summed E-state index contributed by atoms with van der Waals surface area (Å²) in [7, 11) is 1.63. The summed E-state index contributed by atoms with van der Waals surface area (Å²) in [6, 6.07) is 18.2. The van der Waals surface area contributed by atoms with Crippen LogP contribution in [0.5, 0.6) is 5.75 Å². The van der Waals surface area contributed by atoms with Crippen LogP contribution in [0.1, 0.15) is 15.4 Å². The number of likely N-dealkylation sites (N-methyl/N-ethyl adjacent to an activating group) is 1. The highest BCUT2D eigenvalue weighted by atomic mass is 32.1.